The largest absolute Gasteiger partial charge is 0.573 e. The maximum atomic E-state index is 12.1. The molecule has 0 unspecified atom stereocenters. The van der Waals surface area contributed by atoms with Crippen molar-refractivity contribution in [3.8, 4) is 5.75 Å². The van der Waals surface area contributed by atoms with Gasteiger partial charge in [-0.1, -0.05) is 0 Å². The molecule has 2 rings (SSSR count). The molecule has 1 aromatic heterocycles. The van der Waals surface area contributed by atoms with Crippen molar-refractivity contribution in [1.82, 2.24) is 4.98 Å². The number of ether oxygens (including phenoxy) is 1. The maximum absolute atomic E-state index is 12.1. The fourth-order valence-electron chi connectivity index (χ4n) is 1.45. The van der Waals surface area contributed by atoms with Gasteiger partial charge in [0.15, 0.2) is 0 Å². The number of anilines is 3. The molecule has 8 heteroatoms. The van der Waals surface area contributed by atoms with Gasteiger partial charge in [-0.05, 0) is 40.2 Å². The molecule has 0 saturated carbocycles. The van der Waals surface area contributed by atoms with Crippen LogP contribution in [0.15, 0.2) is 41.0 Å². The Kier molecular flexibility index (Phi) is 4.03. The molecule has 0 aliphatic heterocycles. The van der Waals surface area contributed by atoms with Crippen LogP contribution in [0.3, 0.4) is 0 Å². The summed E-state index contributed by atoms with van der Waals surface area (Å²) in [6.07, 6.45) is -3.21. The van der Waals surface area contributed by atoms with Crippen molar-refractivity contribution in [1.29, 1.82) is 0 Å². The third kappa shape index (κ3) is 4.02. The van der Waals surface area contributed by atoms with Crippen LogP contribution < -0.4 is 15.8 Å². The molecule has 1 heterocycles. The Morgan fingerprint density at radius 3 is 2.55 bits per heavy atom. The molecule has 0 radical (unpaired) electrons. The molecule has 4 nitrogen and oxygen atoms in total. The molecule has 0 fully saturated rings. The topological polar surface area (TPSA) is 60.2 Å². The zero-order chi connectivity index (χ0) is 14.8. The van der Waals surface area contributed by atoms with Gasteiger partial charge in [0.05, 0.1) is 4.47 Å². The first kappa shape index (κ1) is 14.4. The summed E-state index contributed by atoms with van der Waals surface area (Å²) >= 11 is 3.02. The van der Waals surface area contributed by atoms with Crippen LogP contribution in [-0.4, -0.2) is 11.3 Å². The Bertz CT molecular complexity index is 619. The summed E-state index contributed by atoms with van der Waals surface area (Å²) < 4.78 is 40.4. The molecule has 3 N–H and O–H groups in total. The molecule has 0 atom stereocenters. The quantitative estimate of drug-likeness (QED) is 0.878. The van der Waals surface area contributed by atoms with E-state index < -0.39 is 6.36 Å². The summed E-state index contributed by atoms with van der Waals surface area (Å²) in [6.45, 7) is 0. The van der Waals surface area contributed by atoms with E-state index in [-0.39, 0.29) is 10.2 Å². The van der Waals surface area contributed by atoms with Gasteiger partial charge in [0.25, 0.3) is 0 Å². The molecule has 0 amide bonds. The molecular formula is C12H9BrF3N3O. The van der Waals surface area contributed by atoms with E-state index >= 15 is 0 Å². The van der Waals surface area contributed by atoms with Gasteiger partial charge < -0.3 is 15.8 Å². The van der Waals surface area contributed by atoms with Gasteiger partial charge in [0.2, 0.25) is 0 Å². The monoisotopic (exact) mass is 347 g/mol. The number of nitrogens with one attached hydrogen (secondary N) is 1. The molecule has 106 valence electrons. The molecule has 0 aliphatic rings. The number of alkyl halides is 3. The average Bonchev–Trinajstić information content (AvgIpc) is 2.31. The Labute approximate surface area is 120 Å². The van der Waals surface area contributed by atoms with Crippen LogP contribution >= 0.6 is 15.9 Å². The predicted octanol–water partition coefficient (Wildman–Crippen LogP) is 4.07. The van der Waals surface area contributed by atoms with E-state index in [0.29, 0.717) is 17.2 Å². The average molecular weight is 348 g/mol. The highest BCUT2D eigenvalue weighted by Crippen LogP contribution is 2.33. The third-order valence-corrected chi connectivity index (χ3v) is 2.83. The smallest absolute Gasteiger partial charge is 0.405 e. The molecule has 0 bridgehead atoms. The maximum Gasteiger partial charge on any atom is 0.573 e. The summed E-state index contributed by atoms with van der Waals surface area (Å²) in [7, 11) is 0. The zero-order valence-corrected chi connectivity index (χ0v) is 11.5. The second-order valence-electron chi connectivity index (χ2n) is 3.79. The SMILES string of the molecule is Nc1ccnc(Nc2ccc(OC(F)(F)F)c(Br)c2)c1. The molecule has 0 saturated heterocycles. The Morgan fingerprint density at radius 1 is 1.20 bits per heavy atom. The highest BCUT2D eigenvalue weighted by atomic mass is 79.9. The predicted molar refractivity (Wildman–Crippen MR) is 72.8 cm³/mol. The number of hydrogen-bond acceptors (Lipinski definition) is 4. The molecule has 2 aromatic rings. The van der Waals surface area contributed by atoms with Crippen LogP contribution in [0.25, 0.3) is 0 Å². The lowest BCUT2D eigenvalue weighted by molar-refractivity contribution is -0.274. The Morgan fingerprint density at radius 2 is 1.95 bits per heavy atom. The summed E-state index contributed by atoms with van der Waals surface area (Å²) in [5.74, 6) is 0.171. The number of rotatable bonds is 3. The number of halogens is 4. The van der Waals surface area contributed by atoms with Crippen molar-refractivity contribution in [3.63, 3.8) is 0 Å². The van der Waals surface area contributed by atoms with Crippen LogP contribution in [0.1, 0.15) is 0 Å². The van der Waals surface area contributed by atoms with Gasteiger partial charge in [-0.25, -0.2) is 4.98 Å². The number of benzene rings is 1. The minimum Gasteiger partial charge on any atom is -0.405 e. The van der Waals surface area contributed by atoms with Crippen molar-refractivity contribution >= 4 is 33.1 Å². The van der Waals surface area contributed by atoms with Crippen molar-refractivity contribution in [3.05, 3.63) is 41.0 Å². The summed E-state index contributed by atoms with van der Waals surface area (Å²) in [5, 5.41) is 2.92. The zero-order valence-electron chi connectivity index (χ0n) is 9.91. The van der Waals surface area contributed by atoms with Gasteiger partial charge >= 0.3 is 6.36 Å². The number of pyridine rings is 1. The van der Waals surface area contributed by atoms with Gasteiger partial charge in [0.1, 0.15) is 11.6 Å². The number of nitrogens with two attached hydrogens (primary N) is 1. The van der Waals surface area contributed by atoms with E-state index in [9.17, 15) is 13.2 Å². The van der Waals surface area contributed by atoms with Crippen LogP contribution in [0.5, 0.6) is 5.75 Å². The number of nitrogen functional groups attached to an aromatic ring is 1. The van der Waals surface area contributed by atoms with Crippen molar-refractivity contribution in [2.45, 2.75) is 6.36 Å². The highest BCUT2D eigenvalue weighted by Gasteiger charge is 2.31. The molecule has 0 aliphatic carbocycles. The number of hydrogen-bond donors (Lipinski definition) is 2. The van der Waals surface area contributed by atoms with Gasteiger partial charge in [-0.3, -0.25) is 0 Å². The van der Waals surface area contributed by atoms with Gasteiger partial charge in [0, 0.05) is 23.6 Å². The normalized spacial score (nSPS) is 11.2. The first-order valence-electron chi connectivity index (χ1n) is 5.37. The van der Waals surface area contributed by atoms with Crippen molar-refractivity contribution in [2.24, 2.45) is 0 Å². The van der Waals surface area contributed by atoms with Crippen LogP contribution in [-0.2, 0) is 0 Å². The molecule has 0 spiro atoms. The Hall–Kier alpha value is -1.96. The Balaban J connectivity index is 2.17. The summed E-state index contributed by atoms with van der Waals surface area (Å²) in [6, 6.07) is 7.32. The van der Waals surface area contributed by atoms with Crippen molar-refractivity contribution in [2.75, 3.05) is 11.1 Å². The van der Waals surface area contributed by atoms with Crippen LogP contribution in [0, 0.1) is 0 Å². The van der Waals surface area contributed by atoms with Gasteiger partial charge in [-0.2, -0.15) is 0 Å². The molecule has 20 heavy (non-hydrogen) atoms. The standard InChI is InChI=1S/C12H9BrF3N3O/c13-9-6-8(1-2-10(9)20-12(14,15)16)19-11-5-7(17)3-4-18-11/h1-6H,(H3,17,18,19). The lowest BCUT2D eigenvalue weighted by Gasteiger charge is -2.12. The number of aromatic nitrogens is 1. The first-order chi connectivity index (χ1) is 9.33. The highest BCUT2D eigenvalue weighted by molar-refractivity contribution is 9.10. The minimum absolute atomic E-state index is 0.170. The summed E-state index contributed by atoms with van der Waals surface area (Å²) in [4.78, 5) is 4.03. The van der Waals surface area contributed by atoms with Crippen molar-refractivity contribution < 1.29 is 17.9 Å². The van der Waals surface area contributed by atoms with Crippen LogP contribution in [0.4, 0.5) is 30.4 Å². The molecular weight excluding hydrogens is 339 g/mol. The van der Waals surface area contributed by atoms with E-state index in [4.69, 9.17) is 5.73 Å². The third-order valence-electron chi connectivity index (χ3n) is 2.21. The van der Waals surface area contributed by atoms with E-state index in [1.807, 2.05) is 0 Å². The first-order valence-corrected chi connectivity index (χ1v) is 6.17. The fourth-order valence-corrected chi connectivity index (χ4v) is 1.91. The van der Waals surface area contributed by atoms with E-state index in [0.717, 1.165) is 0 Å². The fraction of sp³-hybridized carbons (Fsp3) is 0.0833. The van der Waals surface area contributed by atoms with E-state index in [1.165, 1.54) is 24.4 Å². The number of nitrogens with zero attached hydrogens (tertiary/aromatic N) is 1. The lowest BCUT2D eigenvalue weighted by Crippen LogP contribution is -2.17. The minimum atomic E-state index is -4.73. The van der Waals surface area contributed by atoms with E-state index in [1.54, 1.807) is 12.1 Å². The van der Waals surface area contributed by atoms with Gasteiger partial charge in [-0.15, -0.1) is 13.2 Å². The second kappa shape index (κ2) is 5.58. The summed E-state index contributed by atoms with van der Waals surface area (Å²) in [5.41, 5.74) is 6.67. The second-order valence-corrected chi connectivity index (χ2v) is 4.65. The van der Waals surface area contributed by atoms with Crippen LogP contribution in [0.2, 0.25) is 0 Å². The molecule has 1 aromatic carbocycles. The van der Waals surface area contributed by atoms with E-state index in [2.05, 4.69) is 31.0 Å². The lowest BCUT2D eigenvalue weighted by atomic mass is 10.3.